The first-order chi connectivity index (χ1) is 19.1. The summed E-state index contributed by atoms with van der Waals surface area (Å²) < 4.78 is 13.4. The number of likely N-dealkylation sites (tertiary alicyclic amines) is 1. The van der Waals surface area contributed by atoms with Gasteiger partial charge >= 0.3 is 6.03 Å². The van der Waals surface area contributed by atoms with E-state index in [0.717, 1.165) is 35.3 Å². The number of carbonyl (C=O) groups is 1. The lowest BCUT2D eigenvalue weighted by molar-refractivity contribution is -0.276. The van der Waals surface area contributed by atoms with E-state index in [1.54, 1.807) is 0 Å². The van der Waals surface area contributed by atoms with Gasteiger partial charge in [-0.1, -0.05) is 76.2 Å². The van der Waals surface area contributed by atoms with E-state index >= 15 is 0 Å². The van der Waals surface area contributed by atoms with E-state index in [9.17, 15) is 9.90 Å². The van der Waals surface area contributed by atoms with E-state index in [1.165, 1.54) is 19.3 Å². The van der Waals surface area contributed by atoms with Crippen LogP contribution in [0, 0.1) is 16.7 Å². The van der Waals surface area contributed by atoms with Crippen LogP contribution in [0.5, 0.6) is 0 Å². The second-order valence-electron chi connectivity index (χ2n) is 13.4. The van der Waals surface area contributed by atoms with Crippen LogP contribution in [0.1, 0.15) is 88.5 Å². The second-order valence-corrected chi connectivity index (χ2v) is 13.4. The number of urea groups is 1. The average Bonchev–Trinajstić information content (AvgIpc) is 3.16. The van der Waals surface area contributed by atoms with Crippen molar-refractivity contribution in [3.05, 3.63) is 70.8 Å². The van der Waals surface area contributed by atoms with Crippen LogP contribution in [-0.4, -0.2) is 47.8 Å². The summed E-state index contributed by atoms with van der Waals surface area (Å²) in [5.41, 5.74) is 4.75. The lowest BCUT2D eigenvalue weighted by atomic mass is 9.65. The molecule has 3 aliphatic rings. The minimum atomic E-state index is -0.483. The maximum atomic E-state index is 11.8. The maximum Gasteiger partial charge on any atom is 0.315 e. The third kappa shape index (κ3) is 6.54. The van der Waals surface area contributed by atoms with Gasteiger partial charge in [0.05, 0.1) is 18.8 Å². The Morgan fingerprint density at radius 1 is 0.975 bits per heavy atom. The van der Waals surface area contributed by atoms with Crippen LogP contribution in [0.25, 0.3) is 0 Å². The van der Waals surface area contributed by atoms with Crippen molar-refractivity contribution in [1.82, 2.24) is 15.5 Å². The number of fused-ring (bicyclic) bond motifs is 2. The van der Waals surface area contributed by atoms with Gasteiger partial charge in [0.2, 0.25) is 0 Å². The number of hydrogen-bond donors (Lipinski definition) is 3. The molecule has 2 bridgehead atoms. The van der Waals surface area contributed by atoms with Gasteiger partial charge in [-0.15, -0.1) is 0 Å². The molecule has 3 N–H and O–H groups in total. The summed E-state index contributed by atoms with van der Waals surface area (Å²) in [6, 6.07) is 16.7. The number of carbonyl (C=O) groups excluding carboxylic acids is 1. The predicted molar refractivity (Wildman–Crippen MR) is 156 cm³/mol. The lowest BCUT2D eigenvalue weighted by Gasteiger charge is -2.43. The molecule has 7 heteroatoms. The van der Waals surface area contributed by atoms with Crippen molar-refractivity contribution in [2.24, 2.45) is 16.7 Å². The fraction of sp³-hybridized carbons (Fsp3) is 0.606. The van der Waals surface area contributed by atoms with Gasteiger partial charge < -0.3 is 25.2 Å². The Morgan fingerprint density at radius 2 is 1.65 bits per heavy atom. The van der Waals surface area contributed by atoms with E-state index in [1.807, 2.05) is 43.3 Å². The first-order valence-corrected chi connectivity index (χ1v) is 14.9. The highest BCUT2D eigenvalue weighted by atomic mass is 16.7. The molecule has 218 valence electrons. The van der Waals surface area contributed by atoms with E-state index in [4.69, 9.17) is 9.47 Å². The lowest BCUT2D eigenvalue weighted by Crippen LogP contribution is -2.46. The second kappa shape index (κ2) is 11.8. The summed E-state index contributed by atoms with van der Waals surface area (Å²) in [6.45, 7) is 14.6. The van der Waals surface area contributed by atoms with Gasteiger partial charge in [0.1, 0.15) is 0 Å². The molecule has 0 spiro atoms. The van der Waals surface area contributed by atoms with Crippen LogP contribution in [0.3, 0.4) is 0 Å². The van der Waals surface area contributed by atoms with Crippen molar-refractivity contribution in [3.8, 4) is 0 Å². The summed E-state index contributed by atoms with van der Waals surface area (Å²) >= 11 is 0. The maximum absolute atomic E-state index is 11.8. The van der Waals surface area contributed by atoms with Gasteiger partial charge in [0.25, 0.3) is 0 Å². The normalized spacial score (nSPS) is 31.6. The quantitative estimate of drug-likeness (QED) is 0.394. The van der Waals surface area contributed by atoms with Gasteiger partial charge in [-0.3, -0.25) is 4.90 Å². The molecule has 40 heavy (non-hydrogen) atoms. The standard InChI is InChI=1S/C33H47N3O4/c1-6-34-31(38)35-17-23-7-13-26(14-8-23)30-39-28(18-36-21-33(5)16-27(36)15-32(3,4)20-33)22(2)29(40-30)25-11-9-24(19-37)10-12-25/h7-14,22,27-30,37H,6,15-21H2,1-5H3,(H2,34,35,38). The van der Waals surface area contributed by atoms with Crippen LogP contribution in [0.2, 0.25) is 0 Å². The van der Waals surface area contributed by atoms with Gasteiger partial charge in [0, 0.05) is 43.7 Å². The zero-order valence-electron chi connectivity index (χ0n) is 24.8. The SMILES string of the molecule is CCNC(=O)NCc1ccc(C2OC(CN3CC4(C)CC3CC(C)(C)C4)C(C)C(c3ccc(CO)cc3)O2)cc1. The fourth-order valence-electron chi connectivity index (χ4n) is 7.55. The molecule has 1 aliphatic carbocycles. The zero-order chi connectivity index (χ0) is 28.5. The summed E-state index contributed by atoms with van der Waals surface area (Å²) in [5, 5.41) is 15.2. The Kier molecular flexibility index (Phi) is 8.58. The van der Waals surface area contributed by atoms with Gasteiger partial charge in [0.15, 0.2) is 6.29 Å². The highest BCUT2D eigenvalue weighted by Gasteiger charge is 2.51. The molecule has 2 aliphatic heterocycles. The van der Waals surface area contributed by atoms with E-state index in [2.05, 4.69) is 55.4 Å². The first-order valence-electron chi connectivity index (χ1n) is 14.9. The highest BCUT2D eigenvalue weighted by molar-refractivity contribution is 5.73. The molecule has 2 saturated heterocycles. The molecule has 7 nitrogen and oxygen atoms in total. The molecule has 6 unspecified atom stereocenters. The molecule has 2 aromatic carbocycles. The van der Waals surface area contributed by atoms with Crippen LogP contribution in [0.4, 0.5) is 4.79 Å². The largest absolute Gasteiger partial charge is 0.392 e. The number of hydrogen-bond acceptors (Lipinski definition) is 5. The molecule has 0 aromatic heterocycles. The number of nitrogens with zero attached hydrogens (tertiary/aromatic N) is 1. The Morgan fingerprint density at radius 3 is 2.33 bits per heavy atom. The Bertz CT molecular complexity index is 1150. The van der Waals surface area contributed by atoms with E-state index in [-0.39, 0.29) is 30.8 Å². The number of rotatable bonds is 8. The zero-order valence-corrected chi connectivity index (χ0v) is 24.8. The monoisotopic (exact) mass is 549 g/mol. The van der Waals surface area contributed by atoms with Crippen molar-refractivity contribution in [2.45, 2.75) is 91.6 Å². The van der Waals surface area contributed by atoms with Crippen molar-refractivity contribution >= 4 is 6.03 Å². The van der Waals surface area contributed by atoms with Gasteiger partial charge in [-0.25, -0.2) is 4.79 Å². The fourth-order valence-corrected chi connectivity index (χ4v) is 7.55. The Hall–Kier alpha value is -2.45. The number of ether oxygens (including phenoxy) is 2. The molecule has 2 heterocycles. The molecule has 0 radical (unpaired) electrons. The average molecular weight is 550 g/mol. The number of aliphatic hydroxyl groups is 1. The van der Waals surface area contributed by atoms with Crippen molar-refractivity contribution in [2.75, 3.05) is 19.6 Å². The molecule has 6 atom stereocenters. The third-order valence-electron chi connectivity index (χ3n) is 9.10. The van der Waals surface area contributed by atoms with Crippen molar-refractivity contribution in [1.29, 1.82) is 0 Å². The van der Waals surface area contributed by atoms with E-state index < -0.39 is 6.29 Å². The molecular weight excluding hydrogens is 502 g/mol. The van der Waals surface area contributed by atoms with Crippen molar-refractivity contribution in [3.63, 3.8) is 0 Å². The highest BCUT2D eigenvalue weighted by Crippen LogP contribution is 2.53. The van der Waals surface area contributed by atoms with Crippen LogP contribution in [-0.2, 0) is 22.6 Å². The Labute approximate surface area is 239 Å². The number of benzene rings is 2. The summed E-state index contributed by atoms with van der Waals surface area (Å²) in [7, 11) is 0. The molecule has 2 aromatic rings. The molecular formula is C33H47N3O4. The summed E-state index contributed by atoms with van der Waals surface area (Å²) in [5.74, 6) is 0.165. The van der Waals surface area contributed by atoms with Gasteiger partial charge in [-0.2, -0.15) is 0 Å². The minimum absolute atomic E-state index is 0.0198. The smallest absolute Gasteiger partial charge is 0.315 e. The van der Waals surface area contributed by atoms with Gasteiger partial charge in [-0.05, 0) is 53.7 Å². The third-order valence-corrected chi connectivity index (χ3v) is 9.10. The van der Waals surface area contributed by atoms with Crippen LogP contribution >= 0.6 is 0 Å². The summed E-state index contributed by atoms with van der Waals surface area (Å²) in [4.78, 5) is 14.5. The number of nitrogens with one attached hydrogen (secondary N) is 2. The minimum Gasteiger partial charge on any atom is -0.392 e. The van der Waals surface area contributed by atoms with Crippen LogP contribution < -0.4 is 10.6 Å². The Balaban J connectivity index is 1.35. The molecule has 3 fully saturated rings. The summed E-state index contributed by atoms with van der Waals surface area (Å²) in [6.07, 6.45) is 3.21. The predicted octanol–water partition coefficient (Wildman–Crippen LogP) is 5.69. The molecule has 5 rings (SSSR count). The molecule has 1 saturated carbocycles. The topological polar surface area (TPSA) is 83.1 Å². The van der Waals surface area contributed by atoms with E-state index in [0.29, 0.717) is 30.0 Å². The first kappa shape index (κ1) is 29.1. The number of amides is 2. The van der Waals surface area contributed by atoms with Crippen LogP contribution in [0.15, 0.2) is 48.5 Å². The van der Waals surface area contributed by atoms with Crippen molar-refractivity contribution < 1.29 is 19.4 Å². The number of aliphatic hydroxyl groups excluding tert-OH is 1. The molecule has 2 amide bonds.